The molecule has 3 amide bonds. The van der Waals surface area contributed by atoms with E-state index in [4.69, 9.17) is 9.47 Å². The van der Waals surface area contributed by atoms with Crippen LogP contribution in [0.3, 0.4) is 0 Å². The van der Waals surface area contributed by atoms with E-state index in [0.717, 1.165) is 0 Å². The van der Waals surface area contributed by atoms with Crippen molar-refractivity contribution in [1.29, 1.82) is 0 Å². The number of cyclic esters (lactones) is 2. The van der Waals surface area contributed by atoms with Crippen molar-refractivity contribution in [2.45, 2.75) is 13.0 Å². The molecule has 10 heteroatoms. The monoisotopic (exact) mass is 383 g/mol. The van der Waals surface area contributed by atoms with E-state index in [1.165, 1.54) is 32.9 Å². The summed E-state index contributed by atoms with van der Waals surface area (Å²) in [5, 5.41) is -0.416. The molecule has 0 radical (unpaired) electrons. The topological polar surface area (TPSA) is 79.4 Å². The second-order valence-corrected chi connectivity index (χ2v) is 6.21. The zero-order valence-corrected chi connectivity index (χ0v) is 14.9. The van der Waals surface area contributed by atoms with Crippen LogP contribution < -0.4 is 9.80 Å². The van der Waals surface area contributed by atoms with Crippen molar-refractivity contribution in [3.05, 3.63) is 24.0 Å². The Bertz CT molecular complexity index is 747. The van der Waals surface area contributed by atoms with Gasteiger partial charge in [0.05, 0.1) is 24.0 Å². The molecule has 1 atom stereocenters. The van der Waals surface area contributed by atoms with Gasteiger partial charge in [0, 0.05) is 13.1 Å². The molecule has 2 aliphatic heterocycles. The fourth-order valence-corrected chi connectivity index (χ4v) is 3.21. The van der Waals surface area contributed by atoms with Gasteiger partial charge < -0.3 is 14.4 Å². The van der Waals surface area contributed by atoms with Gasteiger partial charge in [-0.2, -0.15) is 0 Å². The standard InChI is InChI=1S/C16H18FN3O5S/c1-2-18(16(23)26)8-11-9-25-15(22)20(11)10-3-4-13(12(17)7-10)19-5-6-24-14(19)21/h3-4,7,11H,2,5-6,8-9H2,1H3,(H,23,26). The van der Waals surface area contributed by atoms with Crippen LogP contribution in [0.2, 0.25) is 0 Å². The lowest BCUT2D eigenvalue weighted by atomic mass is 10.2. The van der Waals surface area contributed by atoms with E-state index < -0.39 is 29.3 Å². The Kier molecular flexibility index (Phi) is 5.21. The number of halogens is 1. The Morgan fingerprint density at radius 2 is 2.12 bits per heavy atom. The number of benzene rings is 1. The summed E-state index contributed by atoms with van der Waals surface area (Å²) in [6.07, 6.45) is -1.23. The molecular weight excluding hydrogens is 365 g/mol. The number of amides is 3. The van der Waals surface area contributed by atoms with Crippen LogP contribution in [0.25, 0.3) is 0 Å². The third kappa shape index (κ3) is 3.41. The fraction of sp³-hybridized carbons (Fsp3) is 0.438. The Hall–Kier alpha value is -2.49. The third-order valence-electron chi connectivity index (χ3n) is 4.31. The van der Waals surface area contributed by atoms with Crippen LogP contribution in [0.5, 0.6) is 0 Å². The summed E-state index contributed by atoms with van der Waals surface area (Å²) < 4.78 is 24.4. The third-order valence-corrected chi connectivity index (χ3v) is 4.59. The van der Waals surface area contributed by atoms with Crippen LogP contribution >= 0.6 is 12.6 Å². The van der Waals surface area contributed by atoms with Gasteiger partial charge >= 0.3 is 12.2 Å². The van der Waals surface area contributed by atoms with Gasteiger partial charge in [-0.1, -0.05) is 12.6 Å². The number of likely N-dealkylation sites (N-methyl/N-ethyl adjacent to an activating group) is 1. The van der Waals surface area contributed by atoms with Crippen LogP contribution in [0.15, 0.2) is 18.2 Å². The summed E-state index contributed by atoms with van der Waals surface area (Å²) in [6.45, 7) is 2.97. The van der Waals surface area contributed by atoms with Gasteiger partial charge in [0.1, 0.15) is 19.0 Å². The van der Waals surface area contributed by atoms with E-state index in [1.807, 2.05) is 0 Å². The molecular formula is C16H18FN3O5S. The molecule has 2 fully saturated rings. The highest BCUT2D eigenvalue weighted by Gasteiger charge is 2.36. The molecule has 2 heterocycles. The number of carbonyl (C=O) groups is 3. The van der Waals surface area contributed by atoms with Crippen LogP contribution in [0, 0.1) is 5.82 Å². The first-order valence-electron chi connectivity index (χ1n) is 8.10. The van der Waals surface area contributed by atoms with Crippen LogP contribution in [-0.4, -0.2) is 61.2 Å². The Balaban J connectivity index is 1.84. The van der Waals surface area contributed by atoms with Crippen molar-refractivity contribution in [2.24, 2.45) is 0 Å². The molecule has 140 valence electrons. The first-order chi connectivity index (χ1) is 12.4. The zero-order valence-electron chi connectivity index (χ0n) is 14.1. The van der Waals surface area contributed by atoms with Crippen molar-refractivity contribution in [3.63, 3.8) is 0 Å². The van der Waals surface area contributed by atoms with Crippen molar-refractivity contribution < 1.29 is 28.2 Å². The van der Waals surface area contributed by atoms with Crippen LogP contribution in [0.1, 0.15) is 6.92 Å². The number of thiol groups is 1. The minimum Gasteiger partial charge on any atom is -0.447 e. The number of hydrogen-bond acceptors (Lipinski definition) is 5. The van der Waals surface area contributed by atoms with Gasteiger partial charge in [0.2, 0.25) is 0 Å². The van der Waals surface area contributed by atoms with Gasteiger partial charge in [-0.25, -0.2) is 14.0 Å². The maximum Gasteiger partial charge on any atom is 0.414 e. The lowest BCUT2D eigenvalue weighted by Gasteiger charge is -2.27. The van der Waals surface area contributed by atoms with E-state index in [9.17, 15) is 18.8 Å². The summed E-state index contributed by atoms with van der Waals surface area (Å²) >= 11 is 3.81. The van der Waals surface area contributed by atoms with Crippen molar-refractivity contribution in [1.82, 2.24) is 4.90 Å². The van der Waals surface area contributed by atoms with Crippen molar-refractivity contribution >= 4 is 41.4 Å². The molecule has 2 saturated heterocycles. The molecule has 1 aromatic carbocycles. The zero-order chi connectivity index (χ0) is 18.8. The number of ether oxygens (including phenoxy) is 2. The van der Waals surface area contributed by atoms with Gasteiger partial charge in [-0.05, 0) is 25.1 Å². The molecule has 26 heavy (non-hydrogen) atoms. The molecule has 1 aromatic rings. The number of carbonyl (C=O) groups excluding carboxylic acids is 3. The predicted octanol–water partition coefficient (Wildman–Crippen LogP) is 2.48. The molecule has 8 nitrogen and oxygen atoms in total. The van der Waals surface area contributed by atoms with E-state index in [-0.39, 0.29) is 37.7 Å². The summed E-state index contributed by atoms with van der Waals surface area (Å²) in [5.41, 5.74) is 0.370. The van der Waals surface area contributed by atoms with Gasteiger partial charge in [0.25, 0.3) is 5.24 Å². The first-order valence-corrected chi connectivity index (χ1v) is 8.54. The SMILES string of the molecule is CCN(CC1COC(=O)N1c1ccc(N2CCOC2=O)c(F)c1)C(=O)S. The maximum atomic E-state index is 14.5. The van der Waals surface area contributed by atoms with Gasteiger partial charge in [0.15, 0.2) is 0 Å². The molecule has 0 bridgehead atoms. The highest BCUT2D eigenvalue weighted by Crippen LogP contribution is 2.30. The molecule has 2 aliphatic rings. The average Bonchev–Trinajstić information content (AvgIpc) is 3.18. The Labute approximate surface area is 154 Å². The fourth-order valence-electron chi connectivity index (χ4n) is 2.98. The smallest absolute Gasteiger partial charge is 0.414 e. The summed E-state index contributed by atoms with van der Waals surface area (Å²) in [5.74, 6) is -0.655. The minimum absolute atomic E-state index is 0.0816. The summed E-state index contributed by atoms with van der Waals surface area (Å²) in [7, 11) is 0. The molecule has 0 spiro atoms. The van der Waals surface area contributed by atoms with Gasteiger partial charge in [-0.3, -0.25) is 14.6 Å². The lowest BCUT2D eigenvalue weighted by Crippen LogP contribution is -2.44. The van der Waals surface area contributed by atoms with Crippen molar-refractivity contribution in [2.75, 3.05) is 42.6 Å². The molecule has 0 aromatic heterocycles. The average molecular weight is 383 g/mol. The first kappa shape index (κ1) is 18.3. The lowest BCUT2D eigenvalue weighted by molar-refractivity contribution is 0.176. The second-order valence-electron chi connectivity index (χ2n) is 5.82. The van der Waals surface area contributed by atoms with E-state index in [1.54, 1.807) is 6.92 Å². The van der Waals surface area contributed by atoms with E-state index >= 15 is 0 Å². The summed E-state index contributed by atoms with van der Waals surface area (Å²) in [4.78, 5) is 39.1. The number of hydrogen-bond donors (Lipinski definition) is 1. The largest absolute Gasteiger partial charge is 0.447 e. The Morgan fingerprint density at radius 3 is 2.69 bits per heavy atom. The normalized spacial score (nSPS) is 19.6. The molecule has 0 N–H and O–H groups in total. The van der Waals surface area contributed by atoms with Crippen molar-refractivity contribution in [3.8, 4) is 0 Å². The van der Waals surface area contributed by atoms with E-state index in [2.05, 4.69) is 12.6 Å². The maximum absolute atomic E-state index is 14.5. The molecule has 0 aliphatic carbocycles. The molecule has 1 unspecified atom stereocenters. The van der Waals surface area contributed by atoms with E-state index in [0.29, 0.717) is 6.54 Å². The van der Waals surface area contributed by atoms with Crippen LogP contribution in [-0.2, 0) is 9.47 Å². The number of anilines is 2. The second kappa shape index (κ2) is 7.40. The molecule has 0 saturated carbocycles. The minimum atomic E-state index is -0.655. The van der Waals surface area contributed by atoms with Gasteiger partial charge in [-0.15, -0.1) is 0 Å². The molecule has 3 rings (SSSR count). The number of rotatable bonds is 5. The quantitative estimate of drug-likeness (QED) is 0.791. The highest BCUT2D eigenvalue weighted by atomic mass is 32.1. The predicted molar refractivity (Wildman–Crippen MR) is 94.3 cm³/mol. The highest BCUT2D eigenvalue weighted by molar-refractivity contribution is 7.96. The van der Waals surface area contributed by atoms with Crippen LogP contribution in [0.4, 0.5) is 30.1 Å². The Morgan fingerprint density at radius 1 is 1.35 bits per heavy atom. The summed E-state index contributed by atoms with van der Waals surface area (Å²) in [6, 6.07) is 3.66. The number of nitrogens with zero attached hydrogens (tertiary/aromatic N) is 3.